The van der Waals surface area contributed by atoms with Crippen molar-refractivity contribution in [2.45, 2.75) is 187 Å². The Kier molecular flexibility index (Phi) is 32.7. The van der Waals surface area contributed by atoms with E-state index in [1.807, 2.05) is 0 Å². The van der Waals surface area contributed by atoms with Crippen LogP contribution in [0.15, 0.2) is 36.5 Å². The molecule has 6 heteroatoms. The van der Waals surface area contributed by atoms with Crippen LogP contribution in [-0.2, 0) is 19.1 Å². The van der Waals surface area contributed by atoms with Gasteiger partial charge in [-0.3, -0.25) is 14.4 Å². The van der Waals surface area contributed by atoms with E-state index in [4.69, 9.17) is 9.84 Å². The Morgan fingerprint density at radius 3 is 1.67 bits per heavy atom. The van der Waals surface area contributed by atoms with Crippen LogP contribution in [-0.4, -0.2) is 35.6 Å². The molecule has 2 N–H and O–H groups in total. The van der Waals surface area contributed by atoms with Crippen molar-refractivity contribution in [1.29, 1.82) is 0 Å². The van der Waals surface area contributed by atoms with E-state index in [1.54, 1.807) is 0 Å². The monoisotopic (exact) mass is 632 g/mol. The summed E-state index contributed by atoms with van der Waals surface area (Å²) in [6.07, 6.45) is 41.5. The molecule has 45 heavy (non-hydrogen) atoms. The number of rotatable bonds is 33. The number of carbonyl (C=O) groups is 3. The molecule has 0 aliphatic rings. The van der Waals surface area contributed by atoms with E-state index >= 15 is 0 Å². The number of hydrogen-bond acceptors (Lipinski definition) is 4. The molecule has 0 aliphatic heterocycles. The van der Waals surface area contributed by atoms with Gasteiger partial charge in [-0.1, -0.05) is 128 Å². The first-order chi connectivity index (χ1) is 22.0. The number of carboxylic acid groups (broad SMARTS) is 1. The zero-order valence-corrected chi connectivity index (χ0v) is 29.2. The third kappa shape index (κ3) is 34.3. The fourth-order valence-corrected chi connectivity index (χ4v) is 5.22. The van der Waals surface area contributed by atoms with Gasteiger partial charge in [0.2, 0.25) is 5.91 Å². The van der Waals surface area contributed by atoms with Crippen LogP contribution in [0.3, 0.4) is 0 Å². The summed E-state index contributed by atoms with van der Waals surface area (Å²) in [6, 6.07) is 0. The van der Waals surface area contributed by atoms with Crippen molar-refractivity contribution >= 4 is 17.8 Å². The first kappa shape index (κ1) is 42.6. The molecular weight excluding hydrogens is 562 g/mol. The van der Waals surface area contributed by atoms with Crippen molar-refractivity contribution in [3.05, 3.63) is 36.5 Å². The molecule has 0 aliphatic carbocycles. The molecule has 0 aromatic rings. The maximum atomic E-state index is 12.5. The minimum Gasteiger partial charge on any atom is -0.480 e. The van der Waals surface area contributed by atoms with E-state index in [2.05, 4.69) is 55.6 Å². The van der Waals surface area contributed by atoms with Gasteiger partial charge in [0.25, 0.3) is 0 Å². The van der Waals surface area contributed by atoms with Crippen molar-refractivity contribution in [2.75, 3.05) is 6.54 Å². The Morgan fingerprint density at radius 1 is 0.600 bits per heavy atom. The third-order valence-corrected chi connectivity index (χ3v) is 8.02. The van der Waals surface area contributed by atoms with Gasteiger partial charge in [-0.15, -0.1) is 0 Å². The topological polar surface area (TPSA) is 92.7 Å². The van der Waals surface area contributed by atoms with E-state index in [1.165, 1.54) is 89.9 Å². The van der Waals surface area contributed by atoms with Gasteiger partial charge in [0.1, 0.15) is 12.6 Å². The van der Waals surface area contributed by atoms with Crippen molar-refractivity contribution in [3.63, 3.8) is 0 Å². The second-order valence-corrected chi connectivity index (χ2v) is 12.5. The normalized spacial score (nSPS) is 12.4. The fourth-order valence-electron chi connectivity index (χ4n) is 5.22. The Balaban J connectivity index is 3.92. The van der Waals surface area contributed by atoms with Crippen LogP contribution in [0.25, 0.3) is 0 Å². The highest BCUT2D eigenvalue weighted by molar-refractivity contribution is 5.80. The lowest BCUT2D eigenvalue weighted by atomic mass is 10.1. The first-order valence-electron chi connectivity index (χ1n) is 18.6. The van der Waals surface area contributed by atoms with Gasteiger partial charge in [0.15, 0.2) is 0 Å². The highest BCUT2D eigenvalue weighted by Crippen LogP contribution is 2.15. The molecule has 0 saturated carbocycles. The molecule has 6 nitrogen and oxygen atoms in total. The zero-order chi connectivity index (χ0) is 33.1. The maximum absolute atomic E-state index is 12.5. The van der Waals surface area contributed by atoms with E-state index in [0.717, 1.165) is 64.2 Å². The molecule has 0 heterocycles. The fraction of sp³-hybridized carbons (Fsp3) is 0.769. The molecule has 0 radical (unpaired) electrons. The molecule has 0 bridgehead atoms. The van der Waals surface area contributed by atoms with Crippen molar-refractivity contribution in [2.24, 2.45) is 0 Å². The molecule has 0 aromatic carbocycles. The highest BCUT2D eigenvalue weighted by atomic mass is 16.5. The maximum Gasteiger partial charge on any atom is 0.322 e. The lowest BCUT2D eigenvalue weighted by molar-refractivity contribution is -0.147. The lowest BCUT2D eigenvalue weighted by Crippen LogP contribution is -2.28. The van der Waals surface area contributed by atoms with E-state index in [0.29, 0.717) is 12.8 Å². The number of hydrogen-bond donors (Lipinski definition) is 2. The molecule has 260 valence electrons. The summed E-state index contributed by atoms with van der Waals surface area (Å²) >= 11 is 0. The van der Waals surface area contributed by atoms with Gasteiger partial charge < -0.3 is 15.2 Å². The minimum absolute atomic E-state index is 0.0923. The number of amides is 1. The van der Waals surface area contributed by atoms with Gasteiger partial charge in [0.05, 0.1) is 0 Å². The van der Waals surface area contributed by atoms with Gasteiger partial charge in [0, 0.05) is 12.8 Å². The quantitative estimate of drug-likeness (QED) is 0.0427. The standard InChI is InChI=1S/C39H69NO5/c1-3-5-7-9-10-11-12-13-14-15-16-17-18-19-20-21-22-24-30-34-39(44)45-36(31-27-23-8-6-4-2)32-28-25-26-29-33-37(41)40-35-38(42)43/h10-11,13-14,27,31,36H,3-9,12,15-26,28-30,32-35H2,1-2H3,(H,40,41)(H,42,43)/b11-10-,14-13-,31-27-. The predicted octanol–water partition coefficient (Wildman–Crippen LogP) is 10.9. The minimum atomic E-state index is -1.03. The molecule has 1 amide bonds. The van der Waals surface area contributed by atoms with Crippen LogP contribution in [0, 0.1) is 0 Å². The first-order valence-corrected chi connectivity index (χ1v) is 18.6. The van der Waals surface area contributed by atoms with Crippen LogP contribution >= 0.6 is 0 Å². The third-order valence-electron chi connectivity index (χ3n) is 8.02. The molecule has 0 saturated heterocycles. The number of esters is 1. The Bertz CT molecular complexity index is 788. The summed E-state index contributed by atoms with van der Waals surface area (Å²) < 4.78 is 5.84. The number of aliphatic carboxylic acids is 1. The smallest absolute Gasteiger partial charge is 0.322 e. The summed E-state index contributed by atoms with van der Waals surface area (Å²) in [5, 5.41) is 11.0. The second-order valence-electron chi connectivity index (χ2n) is 12.5. The summed E-state index contributed by atoms with van der Waals surface area (Å²) in [5.74, 6) is -1.34. The number of ether oxygens (including phenoxy) is 1. The van der Waals surface area contributed by atoms with Gasteiger partial charge in [-0.25, -0.2) is 0 Å². The van der Waals surface area contributed by atoms with Crippen LogP contribution in [0.4, 0.5) is 0 Å². The van der Waals surface area contributed by atoms with Crippen LogP contribution in [0.5, 0.6) is 0 Å². The number of nitrogens with one attached hydrogen (secondary N) is 1. The number of carboxylic acids is 1. The Hall–Kier alpha value is -2.37. The average molecular weight is 632 g/mol. The number of allylic oxidation sites excluding steroid dienone is 5. The summed E-state index contributed by atoms with van der Waals surface area (Å²) in [7, 11) is 0. The van der Waals surface area contributed by atoms with Crippen LogP contribution in [0.1, 0.15) is 181 Å². The van der Waals surface area contributed by atoms with Gasteiger partial charge in [-0.2, -0.15) is 0 Å². The summed E-state index contributed by atoms with van der Waals surface area (Å²) in [6.45, 7) is 4.12. The van der Waals surface area contributed by atoms with Gasteiger partial charge in [-0.05, 0) is 76.7 Å². The number of carbonyl (C=O) groups excluding carboxylic acids is 2. The molecule has 0 fully saturated rings. The highest BCUT2D eigenvalue weighted by Gasteiger charge is 2.12. The van der Waals surface area contributed by atoms with Crippen molar-refractivity contribution in [3.8, 4) is 0 Å². The van der Waals surface area contributed by atoms with E-state index < -0.39 is 5.97 Å². The SMILES string of the molecule is CCCCC/C=C\C/C=C\CCCCCCCCCCCC(=O)OC(/C=C\CCCCC)CCCCCCC(=O)NCC(=O)O. The molecule has 1 atom stereocenters. The Labute approximate surface area is 276 Å². The second kappa shape index (κ2) is 34.5. The van der Waals surface area contributed by atoms with Crippen LogP contribution < -0.4 is 5.32 Å². The lowest BCUT2D eigenvalue weighted by Gasteiger charge is -2.15. The predicted molar refractivity (Wildman–Crippen MR) is 189 cm³/mol. The largest absolute Gasteiger partial charge is 0.480 e. The molecule has 1 unspecified atom stereocenters. The zero-order valence-electron chi connectivity index (χ0n) is 29.2. The molecule has 0 aromatic heterocycles. The molecular formula is C39H69NO5. The van der Waals surface area contributed by atoms with Gasteiger partial charge >= 0.3 is 11.9 Å². The van der Waals surface area contributed by atoms with Crippen molar-refractivity contribution < 1.29 is 24.2 Å². The summed E-state index contributed by atoms with van der Waals surface area (Å²) in [4.78, 5) is 34.7. The molecule has 0 spiro atoms. The summed E-state index contributed by atoms with van der Waals surface area (Å²) in [5.41, 5.74) is 0. The Morgan fingerprint density at radius 2 is 1.09 bits per heavy atom. The van der Waals surface area contributed by atoms with Crippen LogP contribution in [0.2, 0.25) is 0 Å². The average Bonchev–Trinajstić information content (AvgIpc) is 3.02. The number of unbranched alkanes of at least 4 members (excludes halogenated alkanes) is 18. The van der Waals surface area contributed by atoms with Crippen molar-refractivity contribution in [1.82, 2.24) is 5.32 Å². The molecule has 0 rings (SSSR count). The van der Waals surface area contributed by atoms with E-state index in [-0.39, 0.29) is 24.5 Å². The van der Waals surface area contributed by atoms with E-state index in [9.17, 15) is 14.4 Å².